The minimum Gasteiger partial charge on any atom is -0.466 e. The van der Waals surface area contributed by atoms with Gasteiger partial charge in [-0.2, -0.15) is 0 Å². The molecule has 306 valence electrons. The average Bonchev–Trinajstić information content (AvgIpc) is 3.32. The van der Waals surface area contributed by atoms with Crippen LogP contribution < -0.4 is 9.80 Å². The highest BCUT2D eigenvalue weighted by atomic mass is 16.5. The van der Waals surface area contributed by atoms with Gasteiger partial charge in [0, 0.05) is 34.1 Å². The first-order valence-electron chi connectivity index (χ1n) is 21.1. The molecule has 8 rings (SSSR count). The van der Waals surface area contributed by atoms with Gasteiger partial charge in [-0.25, -0.2) is 0 Å². The maximum absolute atomic E-state index is 12.0. The molecule has 0 aliphatic rings. The first kappa shape index (κ1) is 41.1. The molecule has 0 aliphatic heterocycles. The molecule has 0 amide bonds. The Hall–Kier alpha value is -7.70. The Balaban J connectivity index is 1.01. The second-order valence-electron chi connectivity index (χ2n) is 14.9. The molecule has 0 N–H and O–H groups in total. The zero-order valence-electron chi connectivity index (χ0n) is 35.0. The molecular weight excluding hydrogens is 765 g/mol. The van der Waals surface area contributed by atoms with Crippen LogP contribution in [-0.2, 0) is 31.9 Å². The number of hydrogen-bond acceptors (Lipinski definition) is 6. The predicted molar refractivity (Wildman–Crippen MR) is 253 cm³/mol. The summed E-state index contributed by atoms with van der Waals surface area (Å²) in [4.78, 5) is 28.4. The highest BCUT2D eigenvalue weighted by molar-refractivity contribution is 5.82. The number of carbonyl (C=O) groups is 2. The van der Waals surface area contributed by atoms with Crippen molar-refractivity contribution in [3.63, 3.8) is 0 Å². The SMILES string of the molecule is CCOC(=O)Cc1ccc(-c2ccc(N(c3ccccc3)c3ccc(-c4ccc(N(c5ccccc5)c5ccc(-c6ccc(CC(=O)OCC)cc6)cc5)cc4)cc3)cc2)cc1. The van der Waals surface area contributed by atoms with Crippen molar-refractivity contribution in [2.24, 2.45) is 0 Å². The van der Waals surface area contributed by atoms with Crippen molar-refractivity contribution in [1.82, 2.24) is 0 Å². The lowest BCUT2D eigenvalue weighted by atomic mass is 10.0. The Morgan fingerprint density at radius 3 is 0.790 bits per heavy atom. The zero-order chi connectivity index (χ0) is 42.7. The number of esters is 2. The summed E-state index contributed by atoms with van der Waals surface area (Å²) in [5, 5.41) is 0. The Kier molecular flexibility index (Phi) is 13.0. The molecule has 8 aromatic carbocycles. The van der Waals surface area contributed by atoms with Crippen molar-refractivity contribution in [3.05, 3.63) is 217 Å². The number of benzene rings is 8. The lowest BCUT2D eigenvalue weighted by Crippen LogP contribution is -2.10. The molecule has 6 heteroatoms. The number of anilines is 6. The maximum Gasteiger partial charge on any atom is 0.310 e. The highest BCUT2D eigenvalue weighted by Gasteiger charge is 2.16. The predicted octanol–water partition coefficient (Wildman–Crippen LogP) is 13.8. The monoisotopic (exact) mass is 812 g/mol. The maximum atomic E-state index is 12.0. The van der Waals surface area contributed by atoms with Gasteiger partial charge < -0.3 is 19.3 Å². The van der Waals surface area contributed by atoms with Crippen molar-refractivity contribution in [1.29, 1.82) is 0 Å². The Morgan fingerprint density at radius 2 is 0.548 bits per heavy atom. The smallest absolute Gasteiger partial charge is 0.310 e. The fourth-order valence-electron chi connectivity index (χ4n) is 7.65. The van der Waals surface area contributed by atoms with Gasteiger partial charge in [-0.15, -0.1) is 0 Å². The molecule has 0 atom stereocenters. The third-order valence-corrected chi connectivity index (χ3v) is 10.7. The van der Waals surface area contributed by atoms with E-state index >= 15 is 0 Å². The summed E-state index contributed by atoms with van der Waals surface area (Å²) < 4.78 is 10.2. The lowest BCUT2D eigenvalue weighted by molar-refractivity contribution is -0.143. The number of nitrogens with zero attached hydrogens (tertiary/aromatic N) is 2. The second-order valence-corrected chi connectivity index (χ2v) is 14.9. The van der Waals surface area contributed by atoms with Crippen molar-refractivity contribution in [2.75, 3.05) is 23.0 Å². The number of para-hydroxylation sites is 2. The molecule has 0 saturated heterocycles. The van der Waals surface area contributed by atoms with E-state index in [0.717, 1.165) is 78.6 Å². The van der Waals surface area contributed by atoms with Crippen LogP contribution in [0, 0.1) is 0 Å². The van der Waals surface area contributed by atoms with E-state index in [1.54, 1.807) is 0 Å². The summed E-state index contributed by atoms with van der Waals surface area (Å²) in [6.07, 6.45) is 0.540. The molecular formula is C56H48N2O4. The van der Waals surface area contributed by atoms with E-state index in [4.69, 9.17) is 9.47 Å². The summed E-state index contributed by atoms with van der Waals surface area (Å²) in [5.41, 5.74) is 14.8. The number of ether oxygens (including phenoxy) is 2. The summed E-state index contributed by atoms with van der Waals surface area (Å²) >= 11 is 0. The van der Waals surface area contributed by atoms with Crippen molar-refractivity contribution in [3.8, 4) is 33.4 Å². The summed E-state index contributed by atoms with van der Waals surface area (Å²) in [5.74, 6) is -0.424. The summed E-state index contributed by atoms with van der Waals surface area (Å²) in [7, 11) is 0. The molecule has 0 spiro atoms. The first-order valence-corrected chi connectivity index (χ1v) is 21.1. The largest absolute Gasteiger partial charge is 0.466 e. The van der Waals surface area contributed by atoms with Gasteiger partial charge in [0.1, 0.15) is 0 Å². The van der Waals surface area contributed by atoms with Crippen LogP contribution in [0.5, 0.6) is 0 Å². The minimum absolute atomic E-state index is 0.212. The normalized spacial score (nSPS) is 10.8. The van der Waals surface area contributed by atoms with Gasteiger partial charge in [-0.1, -0.05) is 133 Å². The number of carbonyl (C=O) groups excluding carboxylic acids is 2. The van der Waals surface area contributed by atoms with E-state index in [0.29, 0.717) is 13.2 Å². The Bertz CT molecular complexity index is 2490. The van der Waals surface area contributed by atoms with Crippen LogP contribution in [0.3, 0.4) is 0 Å². The van der Waals surface area contributed by atoms with Gasteiger partial charge in [0.25, 0.3) is 0 Å². The number of hydrogen-bond donors (Lipinski definition) is 0. The van der Waals surface area contributed by atoms with Crippen molar-refractivity contribution < 1.29 is 19.1 Å². The third-order valence-electron chi connectivity index (χ3n) is 10.7. The molecule has 0 bridgehead atoms. The molecule has 0 unspecified atom stereocenters. The summed E-state index contributed by atoms with van der Waals surface area (Å²) in [6, 6.07) is 71.6. The van der Waals surface area contributed by atoms with Crippen LogP contribution in [0.4, 0.5) is 34.1 Å². The van der Waals surface area contributed by atoms with Gasteiger partial charge in [0.2, 0.25) is 0 Å². The van der Waals surface area contributed by atoms with Crippen LogP contribution in [0.25, 0.3) is 33.4 Å². The van der Waals surface area contributed by atoms with E-state index in [1.807, 2.05) is 50.2 Å². The zero-order valence-corrected chi connectivity index (χ0v) is 35.0. The van der Waals surface area contributed by atoms with Gasteiger partial charge >= 0.3 is 11.9 Å². The summed E-state index contributed by atoms with van der Waals surface area (Å²) in [6.45, 7) is 4.41. The van der Waals surface area contributed by atoms with E-state index < -0.39 is 0 Å². The molecule has 8 aromatic rings. The standard InChI is InChI=1S/C56H48N2O4/c1-3-61-55(59)39-41-15-19-43(20-16-41)45-23-31-51(32-24-45)57(49-11-7-5-8-12-49)53-35-27-47(28-36-53)48-29-37-54(38-30-48)58(50-13-9-6-10-14-50)52-33-25-46(26-34-52)44-21-17-42(18-22-44)40-56(60)62-4-2/h5-38H,3-4,39-40H2,1-2H3. The quantitative estimate of drug-likeness (QED) is 0.0961. The van der Waals surface area contributed by atoms with Crippen LogP contribution in [0.15, 0.2) is 206 Å². The van der Waals surface area contributed by atoms with Gasteiger partial charge in [-0.3, -0.25) is 9.59 Å². The van der Waals surface area contributed by atoms with Crippen LogP contribution in [0.2, 0.25) is 0 Å². The van der Waals surface area contributed by atoms with Gasteiger partial charge in [0.05, 0.1) is 26.1 Å². The molecule has 0 aromatic heterocycles. The van der Waals surface area contributed by atoms with E-state index in [1.165, 1.54) is 0 Å². The highest BCUT2D eigenvalue weighted by Crippen LogP contribution is 2.39. The van der Waals surface area contributed by atoms with Crippen LogP contribution in [-0.4, -0.2) is 25.2 Å². The molecule has 0 aliphatic carbocycles. The molecule has 0 radical (unpaired) electrons. The molecule has 0 saturated carbocycles. The molecule has 0 heterocycles. The van der Waals surface area contributed by atoms with Gasteiger partial charge in [0.15, 0.2) is 0 Å². The van der Waals surface area contributed by atoms with E-state index in [2.05, 4.69) is 180 Å². The van der Waals surface area contributed by atoms with Crippen LogP contribution >= 0.6 is 0 Å². The topological polar surface area (TPSA) is 59.1 Å². The van der Waals surface area contributed by atoms with E-state index in [9.17, 15) is 9.59 Å². The number of rotatable bonds is 15. The fourth-order valence-corrected chi connectivity index (χ4v) is 7.65. The third kappa shape index (κ3) is 9.83. The Morgan fingerprint density at radius 1 is 0.323 bits per heavy atom. The first-order chi connectivity index (χ1) is 30.4. The Labute approximate surface area is 364 Å². The van der Waals surface area contributed by atoms with E-state index in [-0.39, 0.29) is 24.8 Å². The fraction of sp³-hybridized carbons (Fsp3) is 0.107. The molecule has 0 fully saturated rings. The molecule has 62 heavy (non-hydrogen) atoms. The molecule has 6 nitrogen and oxygen atoms in total. The minimum atomic E-state index is -0.212. The lowest BCUT2D eigenvalue weighted by Gasteiger charge is -2.26. The van der Waals surface area contributed by atoms with Crippen molar-refractivity contribution >= 4 is 46.1 Å². The van der Waals surface area contributed by atoms with Gasteiger partial charge in [-0.05, 0) is 131 Å². The average molecular weight is 813 g/mol. The van der Waals surface area contributed by atoms with Crippen molar-refractivity contribution in [2.45, 2.75) is 26.7 Å². The second kappa shape index (κ2) is 19.6. The van der Waals surface area contributed by atoms with Crippen LogP contribution in [0.1, 0.15) is 25.0 Å².